The minimum absolute atomic E-state index is 0.127. The molecule has 4 atom stereocenters. The molecule has 0 N–H and O–H groups in total. The summed E-state index contributed by atoms with van der Waals surface area (Å²) in [6.45, 7) is 1.44. The summed E-state index contributed by atoms with van der Waals surface area (Å²) < 4.78 is 0. The molecule has 30 heavy (non-hydrogen) atoms. The Hall–Kier alpha value is -3.81. The van der Waals surface area contributed by atoms with Crippen LogP contribution >= 0.6 is 0 Å². The molecule has 0 aliphatic carbocycles. The van der Waals surface area contributed by atoms with Crippen molar-refractivity contribution in [1.29, 1.82) is 0 Å². The molecule has 0 radical (unpaired) electrons. The molecule has 8 heteroatoms. The molecule has 2 fully saturated rings. The van der Waals surface area contributed by atoms with E-state index in [1.807, 2.05) is 41.3 Å². The summed E-state index contributed by atoms with van der Waals surface area (Å²) in [4.78, 5) is 52.7. The number of nitro benzene ring substituents is 1. The van der Waals surface area contributed by atoms with Gasteiger partial charge in [-0.15, -0.1) is 0 Å². The first-order valence-corrected chi connectivity index (χ1v) is 9.58. The van der Waals surface area contributed by atoms with Crippen LogP contribution in [-0.4, -0.2) is 34.6 Å². The molecule has 0 bridgehead atoms. The first-order valence-electron chi connectivity index (χ1n) is 9.58. The smallest absolute Gasteiger partial charge is 0.269 e. The van der Waals surface area contributed by atoms with E-state index in [9.17, 15) is 24.5 Å². The second-order valence-corrected chi connectivity index (χ2v) is 7.71. The van der Waals surface area contributed by atoms with Crippen molar-refractivity contribution in [3.8, 4) is 0 Å². The number of benzene rings is 2. The highest BCUT2D eigenvalue weighted by Gasteiger charge is 2.63. The number of Topliss-reactive ketones (excluding diaryl/α,β-unsaturated/α-hetero) is 1. The number of nitro groups is 1. The van der Waals surface area contributed by atoms with Crippen molar-refractivity contribution < 1.29 is 19.3 Å². The predicted molar refractivity (Wildman–Crippen MR) is 109 cm³/mol. The number of fused-ring (bicyclic) bond motifs is 5. The molecule has 0 unspecified atom stereocenters. The van der Waals surface area contributed by atoms with Crippen molar-refractivity contribution in [3.63, 3.8) is 0 Å². The maximum atomic E-state index is 13.4. The van der Waals surface area contributed by atoms with Gasteiger partial charge in [0.15, 0.2) is 5.78 Å². The van der Waals surface area contributed by atoms with Gasteiger partial charge in [0.1, 0.15) is 6.04 Å². The maximum absolute atomic E-state index is 13.4. The van der Waals surface area contributed by atoms with Gasteiger partial charge >= 0.3 is 0 Å². The molecule has 150 valence electrons. The van der Waals surface area contributed by atoms with Crippen molar-refractivity contribution in [1.82, 2.24) is 0 Å². The lowest BCUT2D eigenvalue weighted by Gasteiger charge is -2.36. The Morgan fingerprint density at radius 2 is 1.67 bits per heavy atom. The summed E-state index contributed by atoms with van der Waals surface area (Å²) >= 11 is 0. The average Bonchev–Trinajstić information content (AvgIpc) is 3.21. The fourth-order valence-electron chi connectivity index (χ4n) is 4.95. The molecule has 2 aromatic rings. The van der Waals surface area contributed by atoms with E-state index in [1.54, 1.807) is 0 Å². The molecule has 0 spiro atoms. The molecule has 3 aliphatic heterocycles. The monoisotopic (exact) mass is 403 g/mol. The lowest BCUT2D eigenvalue weighted by molar-refractivity contribution is -0.384. The lowest BCUT2D eigenvalue weighted by atomic mass is 9.88. The van der Waals surface area contributed by atoms with Gasteiger partial charge in [-0.25, -0.2) is 4.90 Å². The van der Waals surface area contributed by atoms with Gasteiger partial charge in [-0.1, -0.05) is 30.4 Å². The molecule has 0 saturated carbocycles. The zero-order valence-corrected chi connectivity index (χ0v) is 16.0. The van der Waals surface area contributed by atoms with Crippen LogP contribution in [0.4, 0.5) is 17.1 Å². The Balaban J connectivity index is 1.58. The molecule has 8 nitrogen and oxygen atoms in total. The van der Waals surface area contributed by atoms with Crippen LogP contribution in [0.25, 0.3) is 6.08 Å². The zero-order chi connectivity index (χ0) is 21.2. The van der Waals surface area contributed by atoms with E-state index in [0.29, 0.717) is 0 Å². The van der Waals surface area contributed by atoms with Crippen LogP contribution in [0.1, 0.15) is 12.5 Å². The summed E-state index contributed by atoms with van der Waals surface area (Å²) in [5.41, 5.74) is 1.92. The Kier molecular flexibility index (Phi) is 3.86. The van der Waals surface area contributed by atoms with Crippen molar-refractivity contribution >= 4 is 40.7 Å². The average molecular weight is 403 g/mol. The molecule has 2 aromatic carbocycles. The Morgan fingerprint density at radius 3 is 2.33 bits per heavy atom. The number of non-ortho nitro benzene ring substituents is 1. The second kappa shape index (κ2) is 6.35. The Labute approximate surface area is 171 Å². The van der Waals surface area contributed by atoms with Gasteiger partial charge < -0.3 is 4.90 Å². The summed E-state index contributed by atoms with van der Waals surface area (Å²) in [7, 11) is 0. The number of para-hydroxylation sites is 1. The Bertz CT molecular complexity index is 1140. The number of ketones is 1. The van der Waals surface area contributed by atoms with Crippen LogP contribution in [0.3, 0.4) is 0 Å². The fraction of sp³-hybridized carbons (Fsp3) is 0.227. The minimum Gasteiger partial charge on any atom is -0.353 e. The molecule has 5 rings (SSSR count). The first kappa shape index (κ1) is 18.2. The number of hydrogen-bond acceptors (Lipinski definition) is 6. The number of amides is 2. The zero-order valence-electron chi connectivity index (χ0n) is 16.0. The van der Waals surface area contributed by atoms with Gasteiger partial charge in [0.25, 0.3) is 5.69 Å². The van der Waals surface area contributed by atoms with Gasteiger partial charge in [0, 0.05) is 17.8 Å². The van der Waals surface area contributed by atoms with Crippen LogP contribution in [0.2, 0.25) is 0 Å². The number of carbonyl (C=O) groups excluding carboxylic acids is 3. The quantitative estimate of drug-likeness (QED) is 0.444. The second-order valence-electron chi connectivity index (χ2n) is 7.71. The number of carbonyl (C=O) groups is 3. The third kappa shape index (κ3) is 2.36. The van der Waals surface area contributed by atoms with Crippen LogP contribution in [0.15, 0.2) is 54.6 Å². The van der Waals surface area contributed by atoms with Gasteiger partial charge in [-0.05, 0) is 30.7 Å². The molecule has 3 heterocycles. The first-order chi connectivity index (χ1) is 14.4. The normalized spacial score (nSPS) is 26.4. The molecule has 3 aliphatic rings. The van der Waals surface area contributed by atoms with Gasteiger partial charge in [0.05, 0.1) is 28.5 Å². The van der Waals surface area contributed by atoms with E-state index in [2.05, 4.69) is 0 Å². The Morgan fingerprint density at radius 1 is 1.00 bits per heavy atom. The molecule has 2 amide bonds. The van der Waals surface area contributed by atoms with E-state index < -0.39 is 34.7 Å². The SMILES string of the molecule is CC(=O)[C@@H]1[C@H]2C(=O)N(c3ccc([N+](=O)[O-])cc3)C(=O)[C@@H]2[C@H]2C=Cc3ccccc3N21. The summed E-state index contributed by atoms with van der Waals surface area (Å²) in [5.74, 6) is -2.50. The van der Waals surface area contributed by atoms with E-state index in [0.717, 1.165) is 16.2 Å². The predicted octanol–water partition coefficient (Wildman–Crippen LogP) is 2.57. The van der Waals surface area contributed by atoms with Crippen molar-refractivity contribution in [2.75, 3.05) is 9.80 Å². The third-order valence-electron chi connectivity index (χ3n) is 6.15. The minimum atomic E-state index is -0.800. The highest BCUT2D eigenvalue weighted by atomic mass is 16.6. The maximum Gasteiger partial charge on any atom is 0.269 e. The summed E-state index contributed by atoms with van der Waals surface area (Å²) in [5, 5.41) is 10.9. The molecular formula is C22H17N3O5. The highest BCUT2D eigenvalue weighted by molar-refractivity contribution is 6.24. The number of anilines is 2. The van der Waals surface area contributed by atoms with Crippen LogP contribution in [-0.2, 0) is 14.4 Å². The van der Waals surface area contributed by atoms with Gasteiger partial charge in [0.2, 0.25) is 11.8 Å². The van der Waals surface area contributed by atoms with Crippen molar-refractivity contribution in [2.24, 2.45) is 11.8 Å². The standard InChI is InChI=1S/C22H17N3O5/c1-12(26)20-19-18(17-11-6-13-4-2-3-5-16(13)24(17)20)21(27)23(22(19)28)14-7-9-15(10-8-14)25(29)30/h2-11,17-20H,1H3/t17-,18-,19+,20-/m1/s1. The number of imide groups is 1. The third-order valence-corrected chi connectivity index (χ3v) is 6.15. The van der Waals surface area contributed by atoms with Crippen molar-refractivity contribution in [2.45, 2.75) is 19.0 Å². The van der Waals surface area contributed by atoms with Gasteiger partial charge in [-0.2, -0.15) is 0 Å². The largest absolute Gasteiger partial charge is 0.353 e. The van der Waals surface area contributed by atoms with Crippen LogP contribution in [0.5, 0.6) is 0 Å². The summed E-state index contributed by atoms with van der Waals surface area (Å²) in [6, 6.07) is 11.7. The van der Waals surface area contributed by atoms with E-state index >= 15 is 0 Å². The molecule has 0 aromatic heterocycles. The molecular weight excluding hydrogens is 386 g/mol. The van der Waals surface area contributed by atoms with Crippen LogP contribution < -0.4 is 9.80 Å². The summed E-state index contributed by atoms with van der Waals surface area (Å²) in [6.07, 6.45) is 3.80. The number of nitrogens with zero attached hydrogens (tertiary/aromatic N) is 3. The number of rotatable bonds is 3. The number of hydrogen-bond donors (Lipinski definition) is 0. The van der Waals surface area contributed by atoms with Crippen LogP contribution in [0, 0.1) is 22.0 Å². The van der Waals surface area contributed by atoms with E-state index in [1.165, 1.54) is 31.2 Å². The lowest BCUT2D eigenvalue weighted by Crippen LogP contribution is -2.48. The van der Waals surface area contributed by atoms with E-state index in [-0.39, 0.29) is 23.1 Å². The van der Waals surface area contributed by atoms with E-state index in [4.69, 9.17) is 0 Å². The molecule has 2 saturated heterocycles. The van der Waals surface area contributed by atoms with Crippen molar-refractivity contribution in [3.05, 3.63) is 70.3 Å². The van der Waals surface area contributed by atoms with Gasteiger partial charge in [-0.3, -0.25) is 24.5 Å². The topological polar surface area (TPSA) is 101 Å². The highest BCUT2D eigenvalue weighted by Crippen LogP contribution is 2.49. The fourth-order valence-corrected chi connectivity index (χ4v) is 4.95.